The fourth-order valence-electron chi connectivity index (χ4n) is 4.05. The molecule has 190 valence electrons. The van der Waals surface area contributed by atoms with Gasteiger partial charge < -0.3 is 23.9 Å². The van der Waals surface area contributed by atoms with Crippen molar-refractivity contribution in [2.75, 3.05) is 0 Å². The van der Waals surface area contributed by atoms with E-state index >= 15 is 0 Å². The average Bonchev–Trinajstić information content (AvgIpc) is 3.35. The summed E-state index contributed by atoms with van der Waals surface area (Å²) < 4.78 is 40.3. The Balaban J connectivity index is 1.51. The number of nitrogens with zero attached hydrogens (tertiary/aromatic N) is 2. The van der Waals surface area contributed by atoms with Gasteiger partial charge in [-0.25, -0.2) is 0 Å². The molecular formula is C26H20Cl2F2N4O3. The number of fused-ring (bicyclic) bond motifs is 1. The van der Waals surface area contributed by atoms with Crippen molar-refractivity contribution in [2.24, 2.45) is 7.05 Å². The van der Waals surface area contributed by atoms with Crippen LogP contribution < -0.4 is 20.4 Å². The highest BCUT2D eigenvalue weighted by atomic mass is 35.5. The summed E-state index contributed by atoms with van der Waals surface area (Å²) in [7, 11) is 1.75. The van der Waals surface area contributed by atoms with Crippen molar-refractivity contribution in [3.8, 4) is 22.6 Å². The van der Waals surface area contributed by atoms with Crippen molar-refractivity contribution in [3.63, 3.8) is 0 Å². The van der Waals surface area contributed by atoms with Crippen molar-refractivity contribution in [3.05, 3.63) is 99.3 Å². The summed E-state index contributed by atoms with van der Waals surface area (Å²) in [6.45, 7) is 0.479. The first-order chi connectivity index (χ1) is 17.6. The lowest BCUT2D eigenvalue weighted by molar-refractivity contribution is -0.286. The van der Waals surface area contributed by atoms with E-state index in [4.69, 9.17) is 33.3 Å². The van der Waals surface area contributed by atoms with Crippen molar-refractivity contribution in [2.45, 2.75) is 19.4 Å². The highest BCUT2D eigenvalue weighted by Gasteiger charge is 2.44. The minimum atomic E-state index is -3.78. The van der Waals surface area contributed by atoms with Gasteiger partial charge in [-0.1, -0.05) is 41.4 Å². The molecule has 0 spiro atoms. The maximum absolute atomic E-state index is 13.8. The van der Waals surface area contributed by atoms with E-state index in [1.165, 1.54) is 6.07 Å². The first-order valence-corrected chi connectivity index (χ1v) is 11.9. The van der Waals surface area contributed by atoms with E-state index in [9.17, 15) is 13.6 Å². The monoisotopic (exact) mass is 544 g/mol. The molecule has 2 heterocycles. The molecule has 0 saturated carbocycles. The van der Waals surface area contributed by atoms with E-state index in [-0.39, 0.29) is 36.1 Å². The number of nitrogens with one attached hydrogen (secondary N) is 2. The van der Waals surface area contributed by atoms with Gasteiger partial charge in [0.15, 0.2) is 11.5 Å². The molecule has 0 bridgehead atoms. The summed E-state index contributed by atoms with van der Waals surface area (Å²) in [5.41, 5.74) is 2.83. The van der Waals surface area contributed by atoms with Gasteiger partial charge in [-0.15, -0.1) is 8.78 Å². The van der Waals surface area contributed by atoms with Crippen molar-refractivity contribution < 1.29 is 23.0 Å². The molecule has 4 aromatic rings. The lowest BCUT2D eigenvalue weighted by Crippen LogP contribution is -2.26. The van der Waals surface area contributed by atoms with Gasteiger partial charge in [0, 0.05) is 37.1 Å². The Hall–Kier alpha value is -3.82. The molecule has 0 aliphatic carbocycles. The van der Waals surface area contributed by atoms with Crippen LogP contribution in [0.1, 0.15) is 21.5 Å². The third kappa shape index (κ3) is 5.19. The fraction of sp³-hybridized carbons (Fsp3) is 0.154. The van der Waals surface area contributed by atoms with E-state index in [0.717, 1.165) is 5.56 Å². The Morgan fingerprint density at radius 3 is 2.57 bits per heavy atom. The van der Waals surface area contributed by atoms with Gasteiger partial charge in [-0.2, -0.15) is 0 Å². The quantitative estimate of drug-likeness (QED) is 0.332. The van der Waals surface area contributed by atoms with E-state index in [0.29, 0.717) is 32.3 Å². The summed E-state index contributed by atoms with van der Waals surface area (Å²) in [5, 5.41) is 11.9. The van der Waals surface area contributed by atoms with Gasteiger partial charge in [0.05, 0.1) is 16.6 Å². The number of halogens is 4. The van der Waals surface area contributed by atoms with Crippen LogP contribution in [0.3, 0.4) is 0 Å². The summed E-state index contributed by atoms with van der Waals surface area (Å²) in [6, 6.07) is 14.7. The van der Waals surface area contributed by atoms with Crippen LogP contribution >= 0.6 is 23.2 Å². The van der Waals surface area contributed by atoms with Gasteiger partial charge in [-0.05, 0) is 53.1 Å². The van der Waals surface area contributed by atoms with E-state index in [1.54, 1.807) is 77.1 Å². The third-order valence-electron chi connectivity index (χ3n) is 5.86. The van der Waals surface area contributed by atoms with E-state index in [2.05, 4.69) is 10.1 Å². The predicted octanol–water partition coefficient (Wildman–Crippen LogP) is 5.58. The number of carbonyl (C=O) groups is 1. The van der Waals surface area contributed by atoms with Crippen LogP contribution in [0.4, 0.5) is 8.78 Å². The molecule has 5 rings (SSSR count). The summed E-state index contributed by atoms with van der Waals surface area (Å²) in [6.07, 6.45) is -0.290. The first-order valence-electron chi connectivity index (χ1n) is 11.1. The zero-order chi connectivity index (χ0) is 26.3. The highest BCUT2D eigenvalue weighted by Crippen LogP contribution is 2.47. The summed E-state index contributed by atoms with van der Waals surface area (Å²) in [4.78, 5) is 13.2. The molecule has 0 radical (unpaired) electrons. The van der Waals surface area contributed by atoms with Gasteiger partial charge in [0.2, 0.25) is 5.62 Å². The van der Waals surface area contributed by atoms with Crippen LogP contribution in [0.25, 0.3) is 11.1 Å². The molecular weight excluding hydrogens is 525 g/mol. The number of imidazole rings is 1. The number of aryl methyl sites for hydroxylation is 1. The Labute approximate surface area is 220 Å². The van der Waals surface area contributed by atoms with Gasteiger partial charge in [0.25, 0.3) is 5.91 Å². The molecule has 3 aromatic carbocycles. The summed E-state index contributed by atoms with van der Waals surface area (Å²) >= 11 is 12.0. The number of amides is 1. The van der Waals surface area contributed by atoms with Gasteiger partial charge >= 0.3 is 6.29 Å². The Bertz CT molecular complexity index is 1580. The number of benzene rings is 3. The number of hydrogen-bond donors (Lipinski definition) is 2. The highest BCUT2D eigenvalue weighted by molar-refractivity contribution is 6.42. The molecule has 0 fully saturated rings. The molecule has 1 aromatic heterocycles. The van der Waals surface area contributed by atoms with Crippen LogP contribution in [0, 0.1) is 5.41 Å². The zero-order valence-electron chi connectivity index (χ0n) is 19.4. The molecule has 0 unspecified atom stereocenters. The number of rotatable bonds is 6. The molecule has 2 N–H and O–H groups in total. The van der Waals surface area contributed by atoms with E-state index < -0.39 is 6.29 Å². The largest absolute Gasteiger partial charge is 0.586 e. The van der Waals surface area contributed by atoms with E-state index in [1.807, 2.05) is 0 Å². The normalized spacial score (nSPS) is 13.5. The average molecular weight is 545 g/mol. The lowest BCUT2D eigenvalue weighted by atomic mass is 9.98. The maximum atomic E-state index is 13.8. The first kappa shape index (κ1) is 24.9. The Kier molecular flexibility index (Phi) is 6.43. The topological polar surface area (TPSA) is 81.3 Å². The van der Waals surface area contributed by atoms with Gasteiger partial charge in [-0.3, -0.25) is 10.2 Å². The number of para-hydroxylation sites is 1. The number of aromatic nitrogens is 2. The van der Waals surface area contributed by atoms with Crippen LogP contribution in [-0.2, 0) is 20.1 Å². The van der Waals surface area contributed by atoms with Crippen molar-refractivity contribution in [1.29, 1.82) is 5.41 Å². The minimum absolute atomic E-state index is 0.0931. The SMILES string of the molecule is Cn1ccn(Cc2cc(C(=O)NCc3ccc(Cl)c(Cl)c3)cc(-c3cccc4c3OC(F)(F)O4)c2)c1=N. The molecule has 1 amide bonds. The standard InChI is InChI=1S/C26H20Cl2F2N4O3/c1-33-7-8-34(25(33)31)14-16-9-17(19-3-2-4-22-23(19)37-26(29,30)36-22)12-18(10-16)24(35)32-13-15-5-6-20(27)21(28)11-15/h2-12,31H,13-14H2,1H3,(H,32,35). The smallest absolute Gasteiger partial charge is 0.395 e. The van der Waals surface area contributed by atoms with Crippen LogP contribution in [0.2, 0.25) is 10.0 Å². The molecule has 0 saturated heterocycles. The second-order valence-corrected chi connectivity index (χ2v) is 9.33. The molecule has 1 aliphatic heterocycles. The Morgan fingerprint density at radius 2 is 1.84 bits per heavy atom. The molecule has 1 aliphatic rings. The second kappa shape index (κ2) is 9.57. The van der Waals surface area contributed by atoms with Crippen LogP contribution in [0.15, 0.2) is 67.0 Å². The number of carbonyl (C=O) groups excluding carboxylic acids is 1. The lowest BCUT2D eigenvalue weighted by Gasteiger charge is -2.13. The molecule has 37 heavy (non-hydrogen) atoms. The van der Waals surface area contributed by atoms with Crippen molar-refractivity contribution in [1.82, 2.24) is 14.5 Å². The number of hydrogen-bond acceptors (Lipinski definition) is 4. The zero-order valence-corrected chi connectivity index (χ0v) is 20.9. The molecule has 0 atom stereocenters. The molecule has 11 heteroatoms. The number of ether oxygens (including phenoxy) is 2. The molecule has 7 nitrogen and oxygen atoms in total. The maximum Gasteiger partial charge on any atom is 0.586 e. The second-order valence-electron chi connectivity index (χ2n) is 8.51. The van der Waals surface area contributed by atoms with Crippen molar-refractivity contribution >= 4 is 29.1 Å². The van der Waals surface area contributed by atoms with Crippen LogP contribution in [0.5, 0.6) is 11.5 Å². The third-order valence-corrected chi connectivity index (χ3v) is 6.60. The fourth-order valence-corrected chi connectivity index (χ4v) is 4.37. The minimum Gasteiger partial charge on any atom is -0.395 e. The number of alkyl halides is 2. The Morgan fingerprint density at radius 1 is 1.03 bits per heavy atom. The predicted molar refractivity (Wildman–Crippen MR) is 134 cm³/mol. The van der Waals surface area contributed by atoms with Gasteiger partial charge in [0.1, 0.15) is 0 Å². The van der Waals surface area contributed by atoms with Crippen LogP contribution in [-0.4, -0.2) is 21.3 Å². The summed E-state index contributed by atoms with van der Waals surface area (Å²) in [5.74, 6) is -0.585.